The zero-order chi connectivity index (χ0) is 15.2. The van der Waals surface area contributed by atoms with Crippen LogP contribution in [-0.4, -0.2) is 4.92 Å². The van der Waals surface area contributed by atoms with E-state index in [0.29, 0.717) is 13.0 Å². The van der Waals surface area contributed by atoms with E-state index in [4.69, 9.17) is 0 Å². The van der Waals surface area contributed by atoms with E-state index < -0.39 is 0 Å². The first-order valence-electron chi connectivity index (χ1n) is 7.23. The summed E-state index contributed by atoms with van der Waals surface area (Å²) in [4.78, 5) is 10.8. The molecule has 1 N–H and O–H groups in total. The van der Waals surface area contributed by atoms with Crippen LogP contribution >= 0.6 is 0 Å². The van der Waals surface area contributed by atoms with Gasteiger partial charge in [-0.05, 0) is 30.0 Å². The van der Waals surface area contributed by atoms with Crippen molar-refractivity contribution in [2.24, 2.45) is 0 Å². The number of anilines is 1. The molecule has 0 spiro atoms. The number of hydrogen-bond donors (Lipinski definition) is 1. The number of nitrogens with one attached hydrogen (secondary N) is 1. The lowest BCUT2D eigenvalue weighted by Gasteiger charge is -2.11. The Labute approximate surface area is 125 Å². The van der Waals surface area contributed by atoms with Gasteiger partial charge in [-0.15, -0.1) is 0 Å². The van der Waals surface area contributed by atoms with E-state index in [9.17, 15) is 10.1 Å². The van der Waals surface area contributed by atoms with E-state index in [-0.39, 0.29) is 10.6 Å². The Morgan fingerprint density at radius 2 is 1.67 bits per heavy atom. The van der Waals surface area contributed by atoms with Crippen LogP contribution in [0.25, 0.3) is 0 Å². The third kappa shape index (κ3) is 3.60. The van der Waals surface area contributed by atoms with Gasteiger partial charge in [-0.25, -0.2) is 0 Å². The molecule has 4 nitrogen and oxygen atoms in total. The minimum absolute atomic E-state index is 0.186. The molecule has 0 bridgehead atoms. The van der Waals surface area contributed by atoms with Crippen molar-refractivity contribution in [3.63, 3.8) is 0 Å². The Bertz CT molecular complexity index is 638. The molecule has 2 aromatic carbocycles. The Morgan fingerprint density at radius 1 is 1.00 bits per heavy atom. The summed E-state index contributed by atoms with van der Waals surface area (Å²) in [6, 6.07) is 13.6. The molecular formula is C17H20N2O2. The quantitative estimate of drug-likeness (QED) is 0.634. The van der Waals surface area contributed by atoms with Gasteiger partial charge in [0.15, 0.2) is 0 Å². The number of rotatable bonds is 6. The molecule has 0 atom stereocenters. The number of nitrogens with zero attached hydrogens (tertiary/aromatic N) is 1. The molecule has 0 amide bonds. The molecule has 4 heteroatoms. The lowest BCUT2D eigenvalue weighted by molar-refractivity contribution is -0.385. The molecule has 2 rings (SSSR count). The number of benzene rings is 2. The number of hydrogen-bond acceptors (Lipinski definition) is 3. The molecule has 21 heavy (non-hydrogen) atoms. The second-order valence-corrected chi connectivity index (χ2v) is 4.93. The fraction of sp³-hybridized carbons (Fsp3) is 0.294. The van der Waals surface area contributed by atoms with Crippen LogP contribution in [0.4, 0.5) is 11.4 Å². The first-order chi connectivity index (χ1) is 10.2. The molecule has 110 valence electrons. The zero-order valence-electron chi connectivity index (χ0n) is 12.4. The van der Waals surface area contributed by atoms with Crippen LogP contribution in [0, 0.1) is 10.1 Å². The number of nitro groups is 1. The van der Waals surface area contributed by atoms with Gasteiger partial charge in [-0.2, -0.15) is 0 Å². The van der Waals surface area contributed by atoms with Crippen molar-refractivity contribution in [2.45, 2.75) is 33.2 Å². The summed E-state index contributed by atoms with van der Waals surface area (Å²) in [5.74, 6) is 0. The summed E-state index contributed by atoms with van der Waals surface area (Å²) in [7, 11) is 0. The second kappa shape index (κ2) is 6.88. The zero-order valence-corrected chi connectivity index (χ0v) is 12.4. The first kappa shape index (κ1) is 15.0. The fourth-order valence-electron chi connectivity index (χ4n) is 2.41. The van der Waals surface area contributed by atoms with Crippen LogP contribution < -0.4 is 5.32 Å². The minimum Gasteiger partial charge on any atom is -0.381 e. The van der Waals surface area contributed by atoms with Crippen molar-refractivity contribution in [2.75, 3.05) is 5.32 Å². The monoisotopic (exact) mass is 284 g/mol. The molecule has 0 aliphatic rings. The highest BCUT2D eigenvalue weighted by atomic mass is 16.6. The van der Waals surface area contributed by atoms with E-state index in [1.54, 1.807) is 6.07 Å². The Hall–Kier alpha value is -2.36. The maximum Gasteiger partial charge on any atom is 0.274 e. The molecule has 0 heterocycles. The largest absolute Gasteiger partial charge is 0.381 e. The van der Waals surface area contributed by atoms with Gasteiger partial charge < -0.3 is 5.32 Å². The van der Waals surface area contributed by atoms with Gasteiger partial charge in [0, 0.05) is 23.9 Å². The minimum atomic E-state index is -0.315. The summed E-state index contributed by atoms with van der Waals surface area (Å²) in [5, 5.41) is 14.4. The second-order valence-electron chi connectivity index (χ2n) is 4.93. The summed E-state index contributed by atoms with van der Waals surface area (Å²) in [6.07, 6.45) is 1.64. The van der Waals surface area contributed by atoms with Gasteiger partial charge in [0.25, 0.3) is 5.69 Å². The van der Waals surface area contributed by atoms with Gasteiger partial charge in [0.2, 0.25) is 0 Å². The number of nitro benzene ring substituents is 1. The summed E-state index contributed by atoms with van der Waals surface area (Å²) in [5.41, 5.74) is 4.25. The average Bonchev–Trinajstić information content (AvgIpc) is 2.52. The molecule has 0 aromatic heterocycles. The van der Waals surface area contributed by atoms with E-state index in [2.05, 4.69) is 24.4 Å². The van der Waals surface area contributed by atoms with Crippen molar-refractivity contribution in [1.82, 2.24) is 0 Å². The highest BCUT2D eigenvalue weighted by molar-refractivity contribution is 5.55. The van der Waals surface area contributed by atoms with Crippen molar-refractivity contribution < 1.29 is 4.92 Å². The average molecular weight is 284 g/mol. The Morgan fingerprint density at radius 3 is 2.29 bits per heavy atom. The molecule has 0 radical (unpaired) electrons. The van der Waals surface area contributed by atoms with Gasteiger partial charge in [-0.1, -0.05) is 44.2 Å². The van der Waals surface area contributed by atoms with Crippen LogP contribution in [0.1, 0.15) is 30.5 Å². The highest BCUT2D eigenvalue weighted by Crippen LogP contribution is 2.24. The predicted octanol–water partition coefficient (Wildman–Crippen LogP) is 4.33. The topological polar surface area (TPSA) is 55.2 Å². The van der Waals surface area contributed by atoms with Crippen molar-refractivity contribution in [1.29, 1.82) is 0 Å². The van der Waals surface area contributed by atoms with E-state index in [0.717, 1.165) is 17.7 Å². The summed E-state index contributed by atoms with van der Waals surface area (Å²) < 4.78 is 0. The predicted molar refractivity (Wildman–Crippen MR) is 85.6 cm³/mol. The third-order valence-electron chi connectivity index (χ3n) is 3.65. The van der Waals surface area contributed by atoms with Crippen molar-refractivity contribution in [3.05, 3.63) is 69.3 Å². The van der Waals surface area contributed by atoms with Crippen LogP contribution in [-0.2, 0) is 19.4 Å². The molecule has 0 saturated carbocycles. The molecule has 0 fully saturated rings. The van der Waals surface area contributed by atoms with Crippen LogP contribution in [0.5, 0.6) is 0 Å². The van der Waals surface area contributed by atoms with Crippen LogP contribution in [0.2, 0.25) is 0 Å². The maximum atomic E-state index is 11.1. The molecule has 0 saturated heterocycles. The molecule has 2 aromatic rings. The lowest BCUT2D eigenvalue weighted by atomic mass is 10.1. The first-order valence-corrected chi connectivity index (χ1v) is 7.23. The van der Waals surface area contributed by atoms with E-state index in [1.165, 1.54) is 11.1 Å². The van der Waals surface area contributed by atoms with Gasteiger partial charge in [0.1, 0.15) is 0 Å². The molecule has 0 unspecified atom stereocenters. The van der Waals surface area contributed by atoms with Crippen LogP contribution in [0.15, 0.2) is 42.5 Å². The smallest absolute Gasteiger partial charge is 0.274 e. The fourth-order valence-corrected chi connectivity index (χ4v) is 2.41. The molecule has 0 aliphatic carbocycles. The highest BCUT2D eigenvalue weighted by Gasteiger charge is 2.13. The van der Waals surface area contributed by atoms with Crippen molar-refractivity contribution in [3.8, 4) is 0 Å². The summed E-state index contributed by atoms with van der Waals surface area (Å²) >= 11 is 0. The van der Waals surface area contributed by atoms with Gasteiger partial charge in [0.05, 0.1) is 4.92 Å². The normalized spacial score (nSPS) is 10.4. The maximum absolute atomic E-state index is 11.1. The lowest BCUT2D eigenvalue weighted by Crippen LogP contribution is -2.03. The SMILES string of the molecule is CCc1ccccc1CNc1ccc(CC)c([N+](=O)[O-])c1. The number of aryl methyl sites for hydroxylation is 2. The van der Waals surface area contributed by atoms with Gasteiger partial charge >= 0.3 is 0 Å². The van der Waals surface area contributed by atoms with Crippen molar-refractivity contribution >= 4 is 11.4 Å². The molecular weight excluding hydrogens is 264 g/mol. The molecule has 0 aliphatic heterocycles. The van der Waals surface area contributed by atoms with Gasteiger partial charge in [-0.3, -0.25) is 10.1 Å². The van der Waals surface area contributed by atoms with E-state index >= 15 is 0 Å². The standard InChI is InChI=1S/C17H20N2O2/c1-3-13-7-5-6-8-15(13)12-18-16-10-9-14(4-2)17(11-16)19(20)21/h5-11,18H,3-4,12H2,1-2H3. The van der Waals surface area contributed by atoms with Crippen LogP contribution in [0.3, 0.4) is 0 Å². The Kier molecular flexibility index (Phi) is 4.93. The van der Waals surface area contributed by atoms with E-state index in [1.807, 2.05) is 31.2 Å². The Balaban J connectivity index is 2.17. The summed E-state index contributed by atoms with van der Waals surface area (Å²) in [6.45, 7) is 4.72. The third-order valence-corrected chi connectivity index (χ3v) is 3.65.